The van der Waals surface area contributed by atoms with Crippen LogP contribution in [0.2, 0.25) is 0 Å². The zero-order valence-electron chi connectivity index (χ0n) is 20.5. The van der Waals surface area contributed by atoms with E-state index < -0.39 is 6.10 Å². The molecule has 0 aliphatic heterocycles. The van der Waals surface area contributed by atoms with Crippen molar-refractivity contribution in [3.63, 3.8) is 0 Å². The Kier molecular flexibility index (Phi) is 6.87. The van der Waals surface area contributed by atoms with Crippen LogP contribution in [-0.2, 0) is 23.1 Å². The summed E-state index contributed by atoms with van der Waals surface area (Å²) >= 11 is 0. The molecule has 1 atom stereocenters. The van der Waals surface area contributed by atoms with Gasteiger partial charge in [0, 0.05) is 16.8 Å². The summed E-state index contributed by atoms with van der Waals surface area (Å²) in [6.45, 7) is 8.19. The van der Waals surface area contributed by atoms with Crippen molar-refractivity contribution in [2.75, 3.05) is 5.32 Å². The van der Waals surface area contributed by atoms with E-state index >= 15 is 0 Å². The maximum Gasteiger partial charge on any atom is 0.265 e. The van der Waals surface area contributed by atoms with Gasteiger partial charge in [-0.1, -0.05) is 69.3 Å². The molecule has 0 aromatic heterocycles. The van der Waals surface area contributed by atoms with Crippen molar-refractivity contribution >= 4 is 17.4 Å². The highest BCUT2D eigenvalue weighted by Gasteiger charge is 2.20. The van der Waals surface area contributed by atoms with Crippen LogP contribution in [0, 0.1) is 0 Å². The second-order valence-corrected chi connectivity index (χ2v) is 10.1. The molecule has 4 heteroatoms. The fraction of sp³-hybridized carbons (Fsp3) is 0.333. The molecule has 4 rings (SSSR count). The smallest absolute Gasteiger partial charge is 0.265 e. The molecule has 3 aromatic rings. The molecule has 1 amide bonds. The highest BCUT2D eigenvalue weighted by Crippen LogP contribution is 2.30. The summed E-state index contributed by atoms with van der Waals surface area (Å²) in [5.74, 6) is 0.479. The monoisotopic (exact) mass is 455 g/mol. The molecule has 1 unspecified atom stereocenters. The maximum absolute atomic E-state index is 13.0. The first-order valence-electron chi connectivity index (χ1n) is 12.1. The number of carbonyl (C=O) groups is 2. The minimum absolute atomic E-state index is 0.0313. The van der Waals surface area contributed by atoms with Gasteiger partial charge in [-0.15, -0.1) is 0 Å². The third kappa shape index (κ3) is 5.39. The van der Waals surface area contributed by atoms with Crippen LogP contribution < -0.4 is 10.1 Å². The summed E-state index contributed by atoms with van der Waals surface area (Å²) in [6.07, 6.45) is 3.74. The molecular weight excluding hydrogens is 422 g/mol. The van der Waals surface area contributed by atoms with E-state index in [0.29, 0.717) is 16.8 Å². The third-order valence-electron chi connectivity index (χ3n) is 6.43. The molecule has 0 heterocycles. The Balaban J connectivity index is 1.44. The van der Waals surface area contributed by atoms with Crippen molar-refractivity contribution < 1.29 is 14.3 Å². The number of aryl methyl sites for hydroxylation is 1. The summed E-state index contributed by atoms with van der Waals surface area (Å²) in [5.41, 5.74) is 5.49. The van der Waals surface area contributed by atoms with Crippen molar-refractivity contribution in [3.05, 3.63) is 94.5 Å². The minimum atomic E-state index is -0.655. The molecule has 34 heavy (non-hydrogen) atoms. The Hall–Kier alpha value is -3.40. The van der Waals surface area contributed by atoms with Crippen LogP contribution in [0.25, 0.3) is 0 Å². The first-order valence-corrected chi connectivity index (χ1v) is 12.1. The quantitative estimate of drug-likeness (QED) is 0.432. The summed E-state index contributed by atoms with van der Waals surface area (Å²) in [7, 11) is 0. The molecule has 0 spiro atoms. The molecule has 1 aliphatic rings. The Labute approximate surface area is 202 Å². The summed E-state index contributed by atoms with van der Waals surface area (Å²) < 4.78 is 6.05. The van der Waals surface area contributed by atoms with Crippen LogP contribution >= 0.6 is 0 Å². The van der Waals surface area contributed by atoms with Gasteiger partial charge in [0.2, 0.25) is 0 Å². The van der Waals surface area contributed by atoms with E-state index in [0.717, 1.165) is 25.0 Å². The van der Waals surface area contributed by atoms with Crippen molar-refractivity contribution in [3.8, 4) is 5.75 Å². The number of amides is 1. The van der Waals surface area contributed by atoms with E-state index in [-0.39, 0.29) is 17.1 Å². The molecule has 4 nitrogen and oxygen atoms in total. The van der Waals surface area contributed by atoms with E-state index in [1.54, 1.807) is 31.2 Å². The number of benzene rings is 3. The molecule has 0 radical (unpaired) electrons. The SMILES string of the molecule is CC(Oc1cccc2c1CCCC2)C(=O)Nc1cccc(C(=O)c2ccc(C(C)(C)C)cc2)c1. The average Bonchev–Trinajstić information content (AvgIpc) is 2.83. The topological polar surface area (TPSA) is 55.4 Å². The molecular formula is C30H33NO3. The van der Waals surface area contributed by atoms with E-state index in [9.17, 15) is 9.59 Å². The standard InChI is InChI=1S/C30H33NO3/c1-20(34-27-14-8-10-21-9-5-6-13-26(21)27)29(33)31-25-12-7-11-23(19-25)28(32)22-15-17-24(18-16-22)30(2,3)4/h7-8,10-12,14-20H,5-6,9,13H2,1-4H3,(H,31,33). The lowest BCUT2D eigenvalue weighted by Gasteiger charge is -2.22. The molecule has 1 N–H and O–H groups in total. The Morgan fingerprint density at radius 2 is 1.59 bits per heavy atom. The molecule has 0 fully saturated rings. The first-order chi connectivity index (χ1) is 16.2. The molecule has 0 saturated heterocycles. The number of hydrogen-bond acceptors (Lipinski definition) is 3. The molecule has 0 bridgehead atoms. The zero-order chi connectivity index (χ0) is 24.3. The van der Waals surface area contributed by atoms with Gasteiger partial charge in [-0.2, -0.15) is 0 Å². The van der Waals surface area contributed by atoms with E-state index in [1.807, 2.05) is 36.4 Å². The summed E-state index contributed by atoms with van der Waals surface area (Å²) in [5, 5.41) is 2.90. The number of ether oxygens (including phenoxy) is 1. The predicted octanol–water partition coefficient (Wildman–Crippen LogP) is 6.50. The number of hydrogen-bond donors (Lipinski definition) is 1. The van der Waals surface area contributed by atoms with Crippen LogP contribution in [-0.4, -0.2) is 17.8 Å². The molecule has 0 saturated carbocycles. The normalized spacial score (nSPS) is 14.1. The predicted molar refractivity (Wildman–Crippen MR) is 137 cm³/mol. The van der Waals surface area contributed by atoms with Gasteiger partial charge in [-0.05, 0) is 72.9 Å². The fourth-order valence-corrected chi connectivity index (χ4v) is 4.37. The van der Waals surface area contributed by atoms with E-state index in [1.165, 1.54) is 23.1 Å². The minimum Gasteiger partial charge on any atom is -0.481 e. The zero-order valence-corrected chi connectivity index (χ0v) is 20.5. The highest BCUT2D eigenvalue weighted by molar-refractivity contribution is 6.09. The lowest BCUT2D eigenvalue weighted by Crippen LogP contribution is -2.30. The number of carbonyl (C=O) groups excluding carboxylic acids is 2. The van der Waals surface area contributed by atoms with Gasteiger partial charge < -0.3 is 10.1 Å². The van der Waals surface area contributed by atoms with Crippen molar-refractivity contribution in [1.82, 2.24) is 0 Å². The van der Waals surface area contributed by atoms with Crippen molar-refractivity contribution in [2.45, 2.75) is 64.9 Å². The van der Waals surface area contributed by atoms with Gasteiger partial charge in [-0.3, -0.25) is 9.59 Å². The van der Waals surface area contributed by atoms with E-state index in [4.69, 9.17) is 4.74 Å². The number of nitrogens with one attached hydrogen (secondary N) is 1. The van der Waals surface area contributed by atoms with Gasteiger partial charge in [-0.25, -0.2) is 0 Å². The Bertz CT molecular complexity index is 1190. The highest BCUT2D eigenvalue weighted by atomic mass is 16.5. The van der Waals surface area contributed by atoms with Gasteiger partial charge in [0.25, 0.3) is 5.91 Å². The van der Waals surface area contributed by atoms with Crippen LogP contribution in [0.5, 0.6) is 5.75 Å². The second kappa shape index (κ2) is 9.84. The van der Waals surface area contributed by atoms with Gasteiger partial charge in [0.15, 0.2) is 11.9 Å². The Morgan fingerprint density at radius 3 is 2.32 bits per heavy atom. The number of fused-ring (bicyclic) bond motifs is 1. The number of anilines is 1. The van der Waals surface area contributed by atoms with Crippen LogP contribution in [0.3, 0.4) is 0 Å². The van der Waals surface area contributed by atoms with Gasteiger partial charge >= 0.3 is 0 Å². The largest absolute Gasteiger partial charge is 0.481 e. The average molecular weight is 456 g/mol. The summed E-state index contributed by atoms with van der Waals surface area (Å²) in [6, 6.07) is 20.9. The van der Waals surface area contributed by atoms with E-state index in [2.05, 4.69) is 32.2 Å². The first kappa shape index (κ1) is 23.7. The number of ketones is 1. The lowest BCUT2D eigenvalue weighted by molar-refractivity contribution is -0.122. The molecule has 176 valence electrons. The fourth-order valence-electron chi connectivity index (χ4n) is 4.37. The summed E-state index contributed by atoms with van der Waals surface area (Å²) in [4.78, 5) is 25.9. The van der Waals surface area contributed by atoms with Crippen LogP contribution in [0.15, 0.2) is 66.7 Å². The lowest BCUT2D eigenvalue weighted by atomic mass is 9.86. The Morgan fingerprint density at radius 1 is 0.882 bits per heavy atom. The molecule has 3 aromatic carbocycles. The maximum atomic E-state index is 13.0. The van der Waals surface area contributed by atoms with Gasteiger partial charge in [0.1, 0.15) is 5.75 Å². The number of rotatable bonds is 6. The van der Waals surface area contributed by atoms with Crippen molar-refractivity contribution in [1.29, 1.82) is 0 Å². The third-order valence-corrected chi connectivity index (χ3v) is 6.43. The van der Waals surface area contributed by atoms with Crippen molar-refractivity contribution in [2.24, 2.45) is 0 Å². The van der Waals surface area contributed by atoms with Gasteiger partial charge in [0.05, 0.1) is 0 Å². The van der Waals surface area contributed by atoms with Crippen LogP contribution in [0.1, 0.15) is 73.1 Å². The molecule has 1 aliphatic carbocycles. The van der Waals surface area contributed by atoms with Crippen LogP contribution in [0.4, 0.5) is 5.69 Å². The second-order valence-electron chi connectivity index (χ2n) is 10.1.